The van der Waals surface area contributed by atoms with Gasteiger partial charge in [-0.25, -0.2) is 10.8 Å². The summed E-state index contributed by atoms with van der Waals surface area (Å²) >= 11 is 0. The third-order valence-electron chi connectivity index (χ3n) is 4.16. The third kappa shape index (κ3) is 2.72. The van der Waals surface area contributed by atoms with Crippen molar-refractivity contribution >= 4 is 5.96 Å². The van der Waals surface area contributed by atoms with Crippen molar-refractivity contribution in [3.8, 4) is 0 Å². The number of aliphatic imine (C=N–C) groups is 1. The van der Waals surface area contributed by atoms with Gasteiger partial charge in [0.2, 0.25) is 5.96 Å². The first-order valence-corrected chi connectivity index (χ1v) is 6.90. The molecule has 1 aliphatic carbocycles. The monoisotopic (exact) mass is 237 g/mol. The molecule has 2 saturated heterocycles. The summed E-state index contributed by atoms with van der Waals surface area (Å²) in [6.45, 7) is 2.53. The van der Waals surface area contributed by atoms with Crippen LogP contribution < -0.4 is 16.6 Å². The van der Waals surface area contributed by atoms with Gasteiger partial charge >= 0.3 is 0 Å². The van der Waals surface area contributed by atoms with E-state index in [2.05, 4.69) is 20.6 Å². The highest BCUT2D eigenvalue weighted by Gasteiger charge is 2.32. The van der Waals surface area contributed by atoms with E-state index in [1.807, 2.05) is 0 Å². The van der Waals surface area contributed by atoms with Gasteiger partial charge < -0.3 is 10.2 Å². The number of piperidine rings is 1. The van der Waals surface area contributed by atoms with Gasteiger partial charge in [-0.15, -0.1) is 0 Å². The fourth-order valence-electron chi connectivity index (χ4n) is 3.05. The molecule has 0 bridgehead atoms. The molecule has 96 valence electrons. The number of hydrogen-bond donors (Lipinski definition) is 3. The second-order valence-electron chi connectivity index (χ2n) is 5.55. The Kier molecular flexibility index (Phi) is 3.20. The van der Waals surface area contributed by atoms with Gasteiger partial charge in [-0.3, -0.25) is 5.43 Å². The van der Waals surface area contributed by atoms with Crippen molar-refractivity contribution in [1.29, 1.82) is 0 Å². The van der Waals surface area contributed by atoms with Crippen molar-refractivity contribution in [2.24, 2.45) is 10.8 Å². The maximum absolute atomic E-state index is 5.52. The molecular weight excluding hydrogens is 214 g/mol. The van der Waals surface area contributed by atoms with Gasteiger partial charge in [0.15, 0.2) is 0 Å². The quantitative estimate of drug-likeness (QED) is 0.277. The number of guanidine groups is 1. The van der Waals surface area contributed by atoms with Crippen LogP contribution in [0.3, 0.4) is 0 Å². The first-order valence-electron chi connectivity index (χ1n) is 6.90. The van der Waals surface area contributed by atoms with Crippen LogP contribution in [-0.4, -0.2) is 42.1 Å². The first-order chi connectivity index (χ1) is 8.35. The van der Waals surface area contributed by atoms with E-state index in [1.54, 1.807) is 0 Å². The lowest BCUT2D eigenvalue weighted by molar-refractivity contribution is 0.175. The molecule has 3 aliphatic rings. The van der Waals surface area contributed by atoms with Crippen molar-refractivity contribution in [3.63, 3.8) is 0 Å². The summed E-state index contributed by atoms with van der Waals surface area (Å²) in [4.78, 5) is 7.17. The van der Waals surface area contributed by atoms with Crippen molar-refractivity contribution in [2.75, 3.05) is 13.1 Å². The van der Waals surface area contributed by atoms with Crippen LogP contribution in [0.5, 0.6) is 0 Å². The summed E-state index contributed by atoms with van der Waals surface area (Å²) in [6.07, 6.45) is 7.62. The molecule has 0 aromatic heterocycles. The molecule has 5 heteroatoms. The lowest BCUT2D eigenvalue weighted by atomic mass is 9.98. The molecule has 5 nitrogen and oxygen atoms in total. The minimum absolute atomic E-state index is 0.514. The molecule has 0 spiro atoms. The van der Waals surface area contributed by atoms with E-state index in [1.165, 1.54) is 51.6 Å². The Hall–Kier alpha value is -0.810. The maximum atomic E-state index is 5.52. The van der Waals surface area contributed by atoms with Gasteiger partial charge in [0.1, 0.15) is 0 Å². The normalized spacial score (nSPS) is 34.5. The minimum Gasteiger partial charge on any atom is -0.352 e. The third-order valence-corrected chi connectivity index (χ3v) is 4.16. The number of nitrogens with one attached hydrogen (secondary N) is 2. The summed E-state index contributed by atoms with van der Waals surface area (Å²) < 4.78 is 0. The van der Waals surface area contributed by atoms with Crippen LogP contribution >= 0.6 is 0 Å². The molecule has 3 fully saturated rings. The molecule has 17 heavy (non-hydrogen) atoms. The highest BCUT2D eigenvalue weighted by atomic mass is 15.3. The fourth-order valence-corrected chi connectivity index (χ4v) is 3.05. The molecule has 4 N–H and O–H groups in total. The predicted octanol–water partition coefficient (Wildman–Crippen LogP) is 0.184. The molecule has 1 saturated carbocycles. The summed E-state index contributed by atoms with van der Waals surface area (Å²) in [6, 6.07) is 1.85. The van der Waals surface area contributed by atoms with Crippen LogP contribution in [0.25, 0.3) is 0 Å². The zero-order valence-electron chi connectivity index (χ0n) is 10.4. The zero-order valence-corrected chi connectivity index (χ0v) is 10.4. The summed E-state index contributed by atoms with van der Waals surface area (Å²) in [5.41, 5.74) is 2.71. The maximum Gasteiger partial charge on any atom is 0.206 e. The molecule has 0 aromatic rings. The van der Waals surface area contributed by atoms with Crippen molar-refractivity contribution in [1.82, 2.24) is 15.6 Å². The van der Waals surface area contributed by atoms with Crippen molar-refractivity contribution in [3.05, 3.63) is 0 Å². The minimum atomic E-state index is 0.514. The van der Waals surface area contributed by atoms with Crippen molar-refractivity contribution < 1.29 is 0 Å². The standard InChI is InChI=1S/C12H23N5/c13-16-12(14-9-3-4-9)15-10-5-7-17-6-1-2-11(17)8-10/h9-11H,1-8,13H2,(H2,14,15,16). The highest BCUT2D eigenvalue weighted by molar-refractivity contribution is 5.79. The largest absolute Gasteiger partial charge is 0.352 e. The molecule has 2 aliphatic heterocycles. The predicted molar refractivity (Wildman–Crippen MR) is 68.5 cm³/mol. The molecule has 2 unspecified atom stereocenters. The van der Waals surface area contributed by atoms with Crippen LogP contribution in [-0.2, 0) is 0 Å². The van der Waals surface area contributed by atoms with Crippen LogP contribution in [0.2, 0.25) is 0 Å². The van der Waals surface area contributed by atoms with Gasteiger partial charge in [0, 0.05) is 18.6 Å². The Morgan fingerprint density at radius 1 is 1.18 bits per heavy atom. The molecule has 0 amide bonds. The fraction of sp³-hybridized carbons (Fsp3) is 0.917. The Morgan fingerprint density at radius 2 is 2.06 bits per heavy atom. The van der Waals surface area contributed by atoms with Gasteiger partial charge in [0.05, 0.1) is 6.04 Å². The van der Waals surface area contributed by atoms with E-state index < -0.39 is 0 Å². The lowest BCUT2D eigenvalue weighted by Gasteiger charge is -2.35. The van der Waals surface area contributed by atoms with Crippen molar-refractivity contribution in [2.45, 2.75) is 56.7 Å². The van der Waals surface area contributed by atoms with Crippen LogP contribution in [0.1, 0.15) is 38.5 Å². The molecule has 2 atom stereocenters. The van der Waals surface area contributed by atoms with E-state index in [4.69, 9.17) is 5.84 Å². The number of fused-ring (bicyclic) bond motifs is 1. The summed E-state index contributed by atoms with van der Waals surface area (Å²) in [7, 11) is 0. The number of nitrogens with zero attached hydrogens (tertiary/aromatic N) is 2. The van der Waals surface area contributed by atoms with Crippen LogP contribution in [0.4, 0.5) is 0 Å². The second-order valence-corrected chi connectivity index (χ2v) is 5.55. The Bertz CT molecular complexity index is 299. The first kappa shape index (κ1) is 11.3. The summed E-state index contributed by atoms with van der Waals surface area (Å²) in [5.74, 6) is 6.31. The molecule has 2 heterocycles. The SMILES string of the molecule is NNC(=NC1CC1)NC1CCN2CCCC2C1. The van der Waals surface area contributed by atoms with E-state index in [0.29, 0.717) is 12.1 Å². The average molecular weight is 237 g/mol. The number of hydrogen-bond acceptors (Lipinski definition) is 3. The Labute approximate surface area is 103 Å². The number of rotatable bonds is 2. The second kappa shape index (κ2) is 4.82. The Morgan fingerprint density at radius 3 is 2.82 bits per heavy atom. The highest BCUT2D eigenvalue weighted by Crippen LogP contribution is 2.27. The van der Waals surface area contributed by atoms with Crippen LogP contribution in [0.15, 0.2) is 4.99 Å². The molecule has 0 radical (unpaired) electrons. The Balaban J connectivity index is 1.54. The number of hydrazine groups is 1. The van der Waals surface area contributed by atoms with Gasteiger partial charge in [-0.1, -0.05) is 0 Å². The topological polar surface area (TPSA) is 65.7 Å². The van der Waals surface area contributed by atoms with Gasteiger partial charge in [-0.2, -0.15) is 0 Å². The molecule has 0 aromatic carbocycles. The molecular formula is C12H23N5. The van der Waals surface area contributed by atoms with E-state index in [9.17, 15) is 0 Å². The van der Waals surface area contributed by atoms with Gasteiger partial charge in [0.25, 0.3) is 0 Å². The lowest BCUT2D eigenvalue weighted by Crippen LogP contribution is -2.52. The van der Waals surface area contributed by atoms with E-state index >= 15 is 0 Å². The average Bonchev–Trinajstić information content (AvgIpc) is 3.04. The van der Waals surface area contributed by atoms with Crippen LogP contribution in [0, 0.1) is 0 Å². The zero-order chi connectivity index (χ0) is 11.7. The van der Waals surface area contributed by atoms with Gasteiger partial charge in [-0.05, 0) is 45.1 Å². The molecule has 3 rings (SSSR count). The number of nitrogens with two attached hydrogens (primary N) is 1. The van der Waals surface area contributed by atoms with E-state index in [0.717, 1.165) is 12.0 Å². The van der Waals surface area contributed by atoms with E-state index in [-0.39, 0.29) is 0 Å². The smallest absolute Gasteiger partial charge is 0.206 e. The summed E-state index contributed by atoms with van der Waals surface area (Å²) in [5, 5.41) is 3.48.